The quantitative estimate of drug-likeness (QED) is 0.133. The van der Waals surface area contributed by atoms with Crippen molar-refractivity contribution < 1.29 is 17.9 Å². The Labute approximate surface area is 279 Å². The van der Waals surface area contributed by atoms with Crippen LogP contribution in [0, 0.1) is 5.92 Å². The third-order valence-corrected chi connectivity index (χ3v) is 24.1. The summed E-state index contributed by atoms with van der Waals surface area (Å²) in [5.74, 6) is 1.48. The number of hydrogen-bond acceptors (Lipinski definition) is 0. The van der Waals surface area contributed by atoms with Crippen molar-refractivity contribution in [1.29, 1.82) is 0 Å². The first-order valence-corrected chi connectivity index (χ1v) is 27.0. The van der Waals surface area contributed by atoms with Crippen LogP contribution in [0.4, 0.5) is 0 Å². The molecule has 0 saturated heterocycles. The third-order valence-electron chi connectivity index (χ3n) is 9.71. The van der Waals surface area contributed by atoms with E-state index in [0.717, 1.165) is 19.3 Å². The van der Waals surface area contributed by atoms with Crippen LogP contribution in [0.25, 0.3) is 28.3 Å². The minimum atomic E-state index is -4.03. The molecule has 228 valence electrons. The number of benzene rings is 4. The zero-order valence-corrected chi connectivity index (χ0v) is 32.8. The van der Waals surface area contributed by atoms with Gasteiger partial charge in [0.05, 0.1) is 0 Å². The summed E-state index contributed by atoms with van der Waals surface area (Å²) < 4.78 is 1.43. The zero-order valence-electron chi connectivity index (χ0n) is 27.4. The van der Waals surface area contributed by atoms with Gasteiger partial charge in [-0.2, -0.15) is 0 Å². The summed E-state index contributed by atoms with van der Waals surface area (Å²) >= 11 is -4.03. The second kappa shape index (κ2) is 12.8. The standard InChI is InChI=1S/C28H37.C12H9Si.2ClH.Zr/c1-8-9-22-10-11-23-13-21(12-18(2)3)14-27(23)28(22)26-16-24(19(4)5)15-25(17-26)20(6)7;1-3-7-11-9(5-1)10-6-2-4-8-12(10)13-11;;;/h10-11,13-20H,8-9,12H2,1-7H3;1-7H,13H2;2*1H;/q;;;;+2/p-2. The SMILES string of the molecule is CCCc1ccc2c(c1-c1cc(C(C)C)cc(C(C)C)c1)C=C(CC(C)C)[CH]2[Zr]([Cl])([Cl])[c]1cccc2c1[SiH2]c1ccccc1-2. The number of allylic oxidation sites excluding steroid dienone is 1. The summed E-state index contributed by atoms with van der Waals surface area (Å²) in [4.78, 5) is 0. The van der Waals surface area contributed by atoms with Gasteiger partial charge in [-0.05, 0) is 0 Å². The normalized spacial score (nSPS) is 16.2. The first kappa shape index (κ1) is 32.2. The van der Waals surface area contributed by atoms with Gasteiger partial charge in [0.25, 0.3) is 0 Å². The topological polar surface area (TPSA) is 0 Å². The van der Waals surface area contributed by atoms with E-state index in [1.807, 2.05) is 0 Å². The van der Waals surface area contributed by atoms with Crippen molar-refractivity contribution in [3.05, 3.63) is 106 Å². The van der Waals surface area contributed by atoms with Crippen molar-refractivity contribution in [2.75, 3.05) is 0 Å². The summed E-state index contributed by atoms with van der Waals surface area (Å²) in [5, 5.41) is 3.02. The Morgan fingerprint density at radius 2 is 1.48 bits per heavy atom. The fraction of sp³-hybridized carbons (Fsp3) is 0.350. The van der Waals surface area contributed by atoms with E-state index in [9.17, 15) is 0 Å². The van der Waals surface area contributed by atoms with Crippen LogP contribution in [0.15, 0.2) is 78.4 Å². The van der Waals surface area contributed by atoms with E-state index in [4.69, 9.17) is 17.0 Å². The summed E-state index contributed by atoms with van der Waals surface area (Å²) in [6.45, 7) is 16.2. The van der Waals surface area contributed by atoms with Crippen LogP contribution in [-0.4, -0.2) is 9.52 Å². The minimum absolute atomic E-state index is 0.113. The van der Waals surface area contributed by atoms with Gasteiger partial charge in [0.2, 0.25) is 0 Å². The van der Waals surface area contributed by atoms with E-state index >= 15 is 0 Å². The number of fused-ring (bicyclic) bond motifs is 4. The van der Waals surface area contributed by atoms with Crippen molar-refractivity contribution in [3.63, 3.8) is 0 Å². The average molecular weight is 717 g/mol. The molecule has 0 nitrogen and oxygen atoms in total. The molecule has 4 aromatic rings. The predicted octanol–water partition coefficient (Wildman–Crippen LogP) is 9.92. The van der Waals surface area contributed by atoms with Crippen LogP contribution in [0.5, 0.6) is 0 Å². The Morgan fingerprint density at radius 1 is 0.795 bits per heavy atom. The Morgan fingerprint density at radius 3 is 2.14 bits per heavy atom. The second-order valence-corrected chi connectivity index (χ2v) is 29.9. The predicted molar refractivity (Wildman–Crippen MR) is 195 cm³/mol. The number of rotatable bonds is 9. The van der Waals surface area contributed by atoms with Crippen molar-refractivity contribution in [2.24, 2.45) is 5.92 Å². The van der Waals surface area contributed by atoms with Crippen LogP contribution in [0.1, 0.15) is 105 Å². The fourth-order valence-electron chi connectivity index (χ4n) is 7.56. The van der Waals surface area contributed by atoms with Crippen molar-refractivity contribution in [3.8, 4) is 22.3 Å². The van der Waals surface area contributed by atoms with Crippen molar-refractivity contribution >= 4 is 46.3 Å². The molecular weight excluding hydrogens is 671 g/mol. The molecule has 1 unspecified atom stereocenters. The number of halogens is 2. The molecule has 1 aliphatic carbocycles. The molecule has 0 aromatic heterocycles. The van der Waals surface area contributed by atoms with Crippen LogP contribution >= 0.6 is 17.0 Å². The maximum absolute atomic E-state index is 7.99. The maximum atomic E-state index is 7.99. The molecule has 1 heterocycles. The van der Waals surface area contributed by atoms with Gasteiger partial charge in [-0.3, -0.25) is 0 Å². The van der Waals surface area contributed by atoms with E-state index in [1.54, 1.807) is 0 Å². The second-order valence-electron chi connectivity index (χ2n) is 14.1. The van der Waals surface area contributed by atoms with Crippen LogP contribution in [0.2, 0.25) is 0 Å². The summed E-state index contributed by atoms with van der Waals surface area (Å²) in [6, 6.07) is 27.9. The molecule has 0 radical (unpaired) electrons. The molecule has 1 atom stereocenters. The van der Waals surface area contributed by atoms with Gasteiger partial charge in [-0.15, -0.1) is 0 Å². The third kappa shape index (κ3) is 5.83. The molecule has 0 spiro atoms. The molecule has 2 aliphatic rings. The Bertz CT molecular complexity index is 1720. The Balaban J connectivity index is 1.57. The first-order valence-electron chi connectivity index (χ1n) is 16.6. The molecule has 0 N–H and O–H groups in total. The van der Waals surface area contributed by atoms with Gasteiger partial charge in [0.15, 0.2) is 0 Å². The summed E-state index contributed by atoms with van der Waals surface area (Å²) in [5.41, 5.74) is 14.0. The fourth-order valence-corrected chi connectivity index (χ4v) is 24.4. The molecule has 4 aromatic carbocycles. The number of hydrogen-bond donors (Lipinski definition) is 0. The Hall–Kier alpha value is -1.70. The van der Waals surface area contributed by atoms with Gasteiger partial charge in [0.1, 0.15) is 0 Å². The van der Waals surface area contributed by atoms with Gasteiger partial charge in [-0.25, -0.2) is 0 Å². The van der Waals surface area contributed by atoms with E-state index < -0.39 is 27.4 Å². The molecular formula is C40H46Cl2SiZr. The summed E-state index contributed by atoms with van der Waals surface area (Å²) in [6.07, 6.45) is 5.73. The van der Waals surface area contributed by atoms with E-state index in [0.29, 0.717) is 17.8 Å². The monoisotopic (exact) mass is 714 g/mol. The van der Waals surface area contributed by atoms with E-state index in [1.165, 1.54) is 69.3 Å². The Kier molecular flexibility index (Phi) is 9.40. The molecule has 0 fully saturated rings. The summed E-state index contributed by atoms with van der Waals surface area (Å²) in [7, 11) is 15.3. The van der Waals surface area contributed by atoms with Gasteiger partial charge >= 0.3 is 282 Å². The molecule has 1 aliphatic heterocycles. The van der Waals surface area contributed by atoms with Gasteiger partial charge in [-0.1, -0.05) is 0 Å². The molecule has 4 heteroatoms. The molecule has 0 amide bonds. The van der Waals surface area contributed by atoms with E-state index in [-0.39, 0.29) is 3.63 Å². The molecule has 0 saturated carbocycles. The van der Waals surface area contributed by atoms with Gasteiger partial charge in [0, 0.05) is 0 Å². The van der Waals surface area contributed by atoms with Crippen LogP contribution < -0.4 is 13.6 Å². The van der Waals surface area contributed by atoms with Crippen LogP contribution in [-0.2, 0) is 24.3 Å². The van der Waals surface area contributed by atoms with Crippen molar-refractivity contribution in [1.82, 2.24) is 0 Å². The first-order chi connectivity index (χ1) is 21.0. The van der Waals surface area contributed by atoms with E-state index in [2.05, 4.69) is 127 Å². The average Bonchev–Trinajstić information content (AvgIpc) is 3.54. The molecule has 6 rings (SSSR count). The van der Waals surface area contributed by atoms with Crippen molar-refractivity contribution in [2.45, 2.75) is 83.2 Å². The van der Waals surface area contributed by atoms with Gasteiger partial charge < -0.3 is 0 Å². The number of aryl methyl sites for hydroxylation is 1. The molecule has 44 heavy (non-hydrogen) atoms. The molecule has 0 bridgehead atoms. The van der Waals surface area contributed by atoms with Crippen LogP contribution in [0.3, 0.4) is 0 Å². The zero-order chi connectivity index (χ0) is 31.3.